The SMILES string of the molecule is C=O.CC1CCC[C@@H](CN(CCCO)CCNCCNC(C)(C)C)C2CCC2CN2C[C@@]3(CCCc4cc(Cl)ccc43)COc3ccc(cc32)C(=O)NS(=O)C1C. The summed E-state index contributed by atoms with van der Waals surface area (Å²) in [6.07, 6.45) is 9.49. The first kappa shape index (κ1) is 45.5. The van der Waals surface area contributed by atoms with Crippen LogP contribution in [-0.4, -0.2) is 103 Å². The fourth-order valence-corrected chi connectivity index (χ4v) is 10.9. The van der Waals surface area contributed by atoms with Gasteiger partial charge >= 0.3 is 0 Å². The summed E-state index contributed by atoms with van der Waals surface area (Å²) in [7, 11) is -1.50. The van der Waals surface area contributed by atoms with Gasteiger partial charge in [-0.15, -0.1) is 0 Å². The molecule has 5 unspecified atom stereocenters. The first-order valence-electron chi connectivity index (χ1n) is 21.5. The van der Waals surface area contributed by atoms with Crippen LogP contribution in [0.15, 0.2) is 36.4 Å². The van der Waals surface area contributed by atoms with Crippen LogP contribution in [-0.2, 0) is 27.6 Å². The second-order valence-corrected chi connectivity index (χ2v) is 20.2. The molecule has 2 aliphatic heterocycles. The number of carbonyl (C=O) groups excluding carboxylic acids is 2. The van der Waals surface area contributed by atoms with Gasteiger partial charge in [0.25, 0.3) is 5.91 Å². The van der Waals surface area contributed by atoms with Crippen molar-refractivity contribution in [2.24, 2.45) is 23.7 Å². The Labute approximate surface area is 350 Å². The van der Waals surface area contributed by atoms with E-state index in [2.05, 4.69) is 65.0 Å². The van der Waals surface area contributed by atoms with E-state index in [4.69, 9.17) is 21.1 Å². The number of nitrogens with one attached hydrogen (secondary N) is 3. The lowest BCUT2D eigenvalue weighted by atomic mass is 9.65. The highest BCUT2D eigenvalue weighted by atomic mass is 35.5. The first-order chi connectivity index (χ1) is 27.4. The Morgan fingerprint density at radius 2 is 1.86 bits per heavy atom. The maximum Gasteiger partial charge on any atom is 0.263 e. The van der Waals surface area contributed by atoms with Crippen molar-refractivity contribution in [2.75, 3.05) is 70.5 Å². The summed E-state index contributed by atoms with van der Waals surface area (Å²) >= 11 is 6.52. The highest BCUT2D eigenvalue weighted by molar-refractivity contribution is 7.84. The number of aliphatic hydroxyl groups excluding tert-OH is 1. The van der Waals surface area contributed by atoms with E-state index in [0.717, 1.165) is 114 Å². The zero-order valence-electron chi connectivity index (χ0n) is 35.3. The largest absolute Gasteiger partial charge is 0.490 e. The molecule has 0 radical (unpaired) electrons. The quantitative estimate of drug-likeness (QED) is 0.187. The number of aryl methyl sites for hydroxylation is 1. The van der Waals surface area contributed by atoms with Gasteiger partial charge in [-0.25, -0.2) is 4.21 Å². The highest BCUT2D eigenvalue weighted by Crippen LogP contribution is 2.48. The molecule has 2 aromatic carbocycles. The monoisotopic (exact) mass is 827 g/mol. The number of carbonyl (C=O) groups is 2. The average Bonchev–Trinajstić information content (AvgIpc) is 3.32. The molecule has 7 atom stereocenters. The summed E-state index contributed by atoms with van der Waals surface area (Å²) in [5, 5.41) is 17.7. The Morgan fingerprint density at radius 1 is 1.05 bits per heavy atom. The standard InChI is InChI=1S/C44H68ClN5O4S.CH2O/c1-31-9-6-10-35(27-49(22-8-24-51)23-21-46-19-20-47-43(3,4)5)38-15-12-36(38)28-50-29-44(18-7-11-33-25-37(45)14-16-39(33)44)30-54-41-17-13-34(26-40(41)50)42(52)48-55(53)32(31)2;1-2/h13-14,16-17,25-26,31-32,35-36,38,46-47,51H,6-12,15,18-24,27-30H2,1-5H3,(H,48,52);1H2/t31?,32?,35-,36?,38?,44-,55?;/m0./s1. The van der Waals surface area contributed by atoms with Gasteiger partial charge < -0.3 is 35.1 Å². The van der Waals surface area contributed by atoms with Crippen molar-refractivity contribution in [2.45, 2.75) is 109 Å². The van der Waals surface area contributed by atoms with Crippen LogP contribution < -0.4 is 25.0 Å². The van der Waals surface area contributed by atoms with Crippen molar-refractivity contribution < 1.29 is 23.6 Å². The number of aliphatic hydroxyl groups is 1. The van der Waals surface area contributed by atoms with E-state index in [0.29, 0.717) is 29.9 Å². The lowest BCUT2D eigenvalue weighted by molar-refractivity contribution is -0.0980. The number of benzene rings is 2. The molecule has 2 bridgehead atoms. The predicted octanol–water partition coefficient (Wildman–Crippen LogP) is 6.53. The maximum atomic E-state index is 13.6. The van der Waals surface area contributed by atoms with E-state index >= 15 is 0 Å². The molecule has 318 valence electrons. The molecule has 1 fully saturated rings. The van der Waals surface area contributed by atoms with Crippen molar-refractivity contribution in [3.05, 3.63) is 58.1 Å². The van der Waals surface area contributed by atoms with Crippen LogP contribution in [0.25, 0.3) is 0 Å². The normalized spacial score (nSPS) is 27.9. The van der Waals surface area contributed by atoms with E-state index in [-0.39, 0.29) is 34.6 Å². The number of hydrogen-bond acceptors (Lipinski definition) is 9. The molecule has 1 saturated carbocycles. The van der Waals surface area contributed by atoms with Crippen LogP contribution in [0.4, 0.5) is 5.69 Å². The molecule has 1 amide bonds. The molecule has 0 aromatic heterocycles. The fraction of sp³-hybridized carbons (Fsp3) is 0.689. The maximum absolute atomic E-state index is 13.6. The van der Waals surface area contributed by atoms with Crippen LogP contribution in [0.1, 0.15) is 107 Å². The molecule has 2 aliphatic carbocycles. The van der Waals surface area contributed by atoms with Gasteiger partial charge in [-0.2, -0.15) is 0 Å². The second kappa shape index (κ2) is 21.1. The smallest absolute Gasteiger partial charge is 0.263 e. The van der Waals surface area contributed by atoms with E-state index < -0.39 is 11.0 Å². The summed E-state index contributed by atoms with van der Waals surface area (Å²) < 4.78 is 23.2. The molecule has 1 spiro atoms. The third kappa shape index (κ3) is 12.0. The molecule has 2 heterocycles. The van der Waals surface area contributed by atoms with Crippen LogP contribution >= 0.6 is 11.6 Å². The number of nitrogens with zero attached hydrogens (tertiary/aromatic N) is 2. The summed E-state index contributed by atoms with van der Waals surface area (Å²) in [4.78, 5) is 26.8. The summed E-state index contributed by atoms with van der Waals surface area (Å²) in [6.45, 7) is 20.9. The van der Waals surface area contributed by atoms with Crippen molar-refractivity contribution in [3.8, 4) is 5.75 Å². The van der Waals surface area contributed by atoms with Crippen LogP contribution in [0, 0.1) is 23.7 Å². The molecule has 57 heavy (non-hydrogen) atoms. The predicted molar refractivity (Wildman–Crippen MR) is 234 cm³/mol. The van der Waals surface area contributed by atoms with Crippen molar-refractivity contribution in [3.63, 3.8) is 0 Å². The number of ether oxygens (including phenoxy) is 1. The number of halogens is 1. The van der Waals surface area contributed by atoms with Gasteiger partial charge in [-0.05, 0) is 144 Å². The van der Waals surface area contributed by atoms with Crippen LogP contribution in [0.5, 0.6) is 5.75 Å². The molecule has 10 nitrogen and oxygen atoms in total. The van der Waals surface area contributed by atoms with Gasteiger partial charge in [0.05, 0.1) is 17.5 Å². The minimum atomic E-state index is -1.50. The Balaban J connectivity index is 0.00000305. The summed E-state index contributed by atoms with van der Waals surface area (Å²) in [6, 6.07) is 12.2. The molecule has 4 aliphatic rings. The van der Waals surface area contributed by atoms with Gasteiger partial charge in [0.1, 0.15) is 23.5 Å². The Hall–Kier alpha value is -2.54. The fourth-order valence-electron chi connectivity index (χ4n) is 9.62. The van der Waals surface area contributed by atoms with E-state index in [9.17, 15) is 14.1 Å². The number of amides is 1. The van der Waals surface area contributed by atoms with Crippen molar-refractivity contribution >= 4 is 41.0 Å². The van der Waals surface area contributed by atoms with Crippen molar-refractivity contribution in [1.29, 1.82) is 0 Å². The molecule has 0 saturated heterocycles. The molecule has 4 N–H and O–H groups in total. The molecule has 2 aromatic rings. The number of hydrogen-bond donors (Lipinski definition) is 4. The van der Waals surface area contributed by atoms with Gasteiger partial charge in [0, 0.05) is 80.5 Å². The average molecular weight is 829 g/mol. The Kier molecular flexibility index (Phi) is 16.9. The second-order valence-electron chi connectivity index (χ2n) is 18.2. The zero-order chi connectivity index (χ0) is 41.2. The Bertz CT molecular complexity index is 1640. The van der Waals surface area contributed by atoms with Crippen LogP contribution in [0.2, 0.25) is 5.02 Å². The zero-order valence-corrected chi connectivity index (χ0v) is 36.8. The molecular weight excluding hydrogens is 758 g/mol. The Morgan fingerprint density at radius 3 is 2.60 bits per heavy atom. The topological polar surface area (TPSA) is 123 Å². The molecular formula is C45H70ClN5O5S. The van der Waals surface area contributed by atoms with Gasteiger partial charge in [-0.3, -0.25) is 9.52 Å². The third-order valence-electron chi connectivity index (χ3n) is 13.1. The molecule has 12 heteroatoms. The number of anilines is 1. The molecule has 6 rings (SSSR count). The van der Waals surface area contributed by atoms with Crippen LogP contribution in [0.3, 0.4) is 0 Å². The number of fused-ring (bicyclic) bond motifs is 4. The van der Waals surface area contributed by atoms with Gasteiger partial charge in [-0.1, -0.05) is 31.0 Å². The van der Waals surface area contributed by atoms with E-state index in [1.807, 2.05) is 38.0 Å². The minimum absolute atomic E-state index is 0.108. The highest BCUT2D eigenvalue weighted by Gasteiger charge is 2.45. The first-order valence-corrected chi connectivity index (χ1v) is 23.0. The van der Waals surface area contributed by atoms with E-state index in [1.54, 1.807) is 0 Å². The lowest BCUT2D eigenvalue weighted by Crippen LogP contribution is -2.50. The van der Waals surface area contributed by atoms with Gasteiger partial charge in [0.15, 0.2) is 0 Å². The van der Waals surface area contributed by atoms with Gasteiger partial charge in [0.2, 0.25) is 0 Å². The van der Waals surface area contributed by atoms with Crippen molar-refractivity contribution in [1.82, 2.24) is 20.3 Å². The third-order valence-corrected chi connectivity index (χ3v) is 14.9. The lowest BCUT2D eigenvalue weighted by Gasteiger charge is -2.47. The summed E-state index contributed by atoms with van der Waals surface area (Å²) in [5.74, 6) is 2.37. The summed E-state index contributed by atoms with van der Waals surface area (Å²) in [5.41, 5.74) is 4.05. The number of rotatable bonds is 11. The minimum Gasteiger partial charge on any atom is -0.490 e. The van der Waals surface area contributed by atoms with E-state index in [1.165, 1.54) is 24.0 Å².